The Labute approximate surface area is 128 Å². The van der Waals surface area contributed by atoms with Gasteiger partial charge in [-0.1, -0.05) is 13.0 Å². The van der Waals surface area contributed by atoms with Gasteiger partial charge in [0.1, 0.15) is 0 Å². The zero-order chi connectivity index (χ0) is 14.4. The Hall–Kier alpha value is -0.420. The summed E-state index contributed by atoms with van der Waals surface area (Å²) in [4.78, 5) is 6.53. The van der Waals surface area contributed by atoms with Gasteiger partial charge in [-0.05, 0) is 57.9 Å². The van der Waals surface area contributed by atoms with Crippen molar-refractivity contribution in [2.24, 2.45) is 0 Å². The summed E-state index contributed by atoms with van der Waals surface area (Å²) in [6, 6.07) is 5.60. The molecule has 2 heterocycles. The summed E-state index contributed by atoms with van der Waals surface area (Å²) in [5.74, 6) is 0. The molecule has 0 saturated carbocycles. The van der Waals surface area contributed by atoms with Crippen LogP contribution in [0.5, 0.6) is 0 Å². The average molecular weight is 295 g/mol. The maximum atomic E-state index is 3.63. The highest BCUT2D eigenvalue weighted by molar-refractivity contribution is 7.10. The van der Waals surface area contributed by atoms with Crippen LogP contribution in [0.25, 0.3) is 0 Å². The number of likely N-dealkylation sites (N-methyl/N-ethyl adjacent to an activating group) is 1. The fourth-order valence-corrected chi connectivity index (χ4v) is 3.71. The summed E-state index contributed by atoms with van der Waals surface area (Å²) in [6.07, 6.45) is 2.65. The quantitative estimate of drug-likeness (QED) is 0.834. The molecule has 0 amide bonds. The third-order valence-corrected chi connectivity index (χ3v) is 5.57. The standard InChI is InChI=1S/C16H29N3S/c1-4-19-10-7-15(8-11-19)18(3)12-9-17-14(2)16-6-5-13-20-16/h5-6,13-15,17H,4,7-12H2,1-3H3. The molecular weight excluding hydrogens is 266 g/mol. The molecule has 1 aliphatic heterocycles. The number of hydrogen-bond acceptors (Lipinski definition) is 4. The van der Waals surface area contributed by atoms with Crippen LogP contribution in [-0.2, 0) is 0 Å². The molecule has 1 aromatic heterocycles. The van der Waals surface area contributed by atoms with Crippen LogP contribution in [0, 0.1) is 0 Å². The van der Waals surface area contributed by atoms with E-state index in [4.69, 9.17) is 0 Å². The van der Waals surface area contributed by atoms with E-state index >= 15 is 0 Å². The molecule has 114 valence electrons. The Kier molecular flexibility index (Phi) is 6.49. The van der Waals surface area contributed by atoms with Crippen molar-refractivity contribution >= 4 is 11.3 Å². The van der Waals surface area contributed by atoms with Gasteiger partial charge in [0.25, 0.3) is 0 Å². The fourth-order valence-electron chi connectivity index (χ4n) is 2.95. The first-order chi connectivity index (χ1) is 9.70. The van der Waals surface area contributed by atoms with Crippen molar-refractivity contribution in [3.8, 4) is 0 Å². The number of likely N-dealkylation sites (tertiary alicyclic amines) is 1. The lowest BCUT2D eigenvalue weighted by Gasteiger charge is -2.36. The Balaban J connectivity index is 1.64. The van der Waals surface area contributed by atoms with Gasteiger partial charge in [0.15, 0.2) is 0 Å². The Morgan fingerprint density at radius 2 is 2.20 bits per heavy atom. The van der Waals surface area contributed by atoms with Gasteiger partial charge in [0.2, 0.25) is 0 Å². The summed E-state index contributed by atoms with van der Waals surface area (Å²) in [5, 5.41) is 5.79. The molecule has 1 aromatic rings. The van der Waals surface area contributed by atoms with Crippen LogP contribution >= 0.6 is 11.3 Å². The molecule has 20 heavy (non-hydrogen) atoms. The van der Waals surface area contributed by atoms with E-state index < -0.39 is 0 Å². The molecule has 1 fully saturated rings. The van der Waals surface area contributed by atoms with E-state index in [1.807, 2.05) is 11.3 Å². The van der Waals surface area contributed by atoms with Gasteiger partial charge in [0, 0.05) is 30.1 Å². The second-order valence-electron chi connectivity index (χ2n) is 5.84. The molecule has 1 N–H and O–H groups in total. The predicted octanol–water partition coefficient (Wildman–Crippen LogP) is 2.81. The van der Waals surface area contributed by atoms with E-state index in [0.717, 1.165) is 19.1 Å². The SMILES string of the molecule is CCN1CCC(N(C)CCNC(C)c2cccs2)CC1. The van der Waals surface area contributed by atoms with Crippen molar-refractivity contribution in [2.45, 2.75) is 38.8 Å². The summed E-state index contributed by atoms with van der Waals surface area (Å²) in [5.41, 5.74) is 0. The molecular formula is C16H29N3S. The average Bonchev–Trinajstić information content (AvgIpc) is 3.01. The van der Waals surface area contributed by atoms with Gasteiger partial charge in [-0.3, -0.25) is 0 Å². The lowest BCUT2D eigenvalue weighted by Crippen LogP contribution is -2.45. The molecule has 0 aromatic carbocycles. The van der Waals surface area contributed by atoms with E-state index in [1.54, 1.807) is 0 Å². The van der Waals surface area contributed by atoms with Crippen molar-refractivity contribution in [3.63, 3.8) is 0 Å². The highest BCUT2D eigenvalue weighted by Gasteiger charge is 2.21. The first-order valence-corrected chi connectivity index (χ1v) is 8.78. The lowest BCUT2D eigenvalue weighted by molar-refractivity contribution is 0.131. The summed E-state index contributed by atoms with van der Waals surface area (Å²) in [6.45, 7) is 10.5. The maximum absolute atomic E-state index is 3.63. The van der Waals surface area contributed by atoms with Gasteiger partial charge < -0.3 is 15.1 Å². The van der Waals surface area contributed by atoms with Gasteiger partial charge in [-0.2, -0.15) is 0 Å². The third kappa shape index (κ3) is 4.55. The summed E-state index contributed by atoms with van der Waals surface area (Å²) in [7, 11) is 2.28. The van der Waals surface area contributed by atoms with Crippen molar-refractivity contribution in [1.29, 1.82) is 0 Å². The summed E-state index contributed by atoms with van der Waals surface area (Å²) < 4.78 is 0. The van der Waals surface area contributed by atoms with Crippen LogP contribution < -0.4 is 5.32 Å². The Morgan fingerprint density at radius 3 is 2.80 bits per heavy atom. The van der Waals surface area contributed by atoms with E-state index in [-0.39, 0.29) is 0 Å². The first-order valence-electron chi connectivity index (χ1n) is 7.90. The van der Waals surface area contributed by atoms with Gasteiger partial charge in [0.05, 0.1) is 0 Å². The highest BCUT2D eigenvalue weighted by Crippen LogP contribution is 2.18. The fraction of sp³-hybridized carbons (Fsp3) is 0.750. The largest absolute Gasteiger partial charge is 0.308 e. The van der Waals surface area contributed by atoms with Crippen LogP contribution in [0.3, 0.4) is 0 Å². The number of nitrogens with one attached hydrogen (secondary N) is 1. The number of piperidine rings is 1. The number of hydrogen-bond donors (Lipinski definition) is 1. The molecule has 2 rings (SSSR count). The molecule has 0 bridgehead atoms. The van der Waals surface area contributed by atoms with E-state index in [1.165, 1.54) is 37.4 Å². The van der Waals surface area contributed by atoms with Crippen LogP contribution in [-0.4, -0.2) is 55.6 Å². The molecule has 1 atom stereocenters. The van der Waals surface area contributed by atoms with Crippen LogP contribution in [0.4, 0.5) is 0 Å². The molecule has 1 unspecified atom stereocenters. The van der Waals surface area contributed by atoms with E-state index in [9.17, 15) is 0 Å². The minimum Gasteiger partial charge on any atom is -0.308 e. The van der Waals surface area contributed by atoms with Crippen molar-refractivity contribution in [2.75, 3.05) is 39.8 Å². The smallest absolute Gasteiger partial charge is 0.0386 e. The monoisotopic (exact) mass is 295 g/mol. The molecule has 1 aliphatic rings. The zero-order valence-electron chi connectivity index (χ0n) is 13.1. The van der Waals surface area contributed by atoms with E-state index in [0.29, 0.717) is 6.04 Å². The first kappa shape index (κ1) is 16.0. The highest BCUT2D eigenvalue weighted by atomic mass is 32.1. The van der Waals surface area contributed by atoms with Crippen molar-refractivity contribution in [3.05, 3.63) is 22.4 Å². The molecule has 0 radical (unpaired) electrons. The molecule has 3 nitrogen and oxygen atoms in total. The van der Waals surface area contributed by atoms with E-state index in [2.05, 4.69) is 53.5 Å². The second-order valence-corrected chi connectivity index (χ2v) is 6.82. The lowest BCUT2D eigenvalue weighted by atomic mass is 10.0. The third-order valence-electron chi connectivity index (χ3n) is 4.51. The molecule has 4 heteroatoms. The Morgan fingerprint density at radius 1 is 1.45 bits per heavy atom. The number of nitrogens with zero attached hydrogens (tertiary/aromatic N) is 2. The predicted molar refractivity (Wildman–Crippen MR) is 88.5 cm³/mol. The molecule has 0 aliphatic carbocycles. The van der Waals surface area contributed by atoms with Gasteiger partial charge >= 0.3 is 0 Å². The van der Waals surface area contributed by atoms with Gasteiger partial charge in [-0.25, -0.2) is 0 Å². The van der Waals surface area contributed by atoms with Crippen LogP contribution in [0.15, 0.2) is 17.5 Å². The Bertz CT molecular complexity index is 358. The minimum absolute atomic E-state index is 0.477. The topological polar surface area (TPSA) is 18.5 Å². The zero-order valence-corrected chi connectivity index (χ0v) is 14.0. The molecule has 0 spiro atoms. The van der Waals surface area contributed by atoms with Crippen molar-refractivity contribution in [1.82, 2.24) is 15.1 Å². The second kappa shape index (κ2) is 8.13. The van der Waals surface area contributed by atoms with Crippen LogP contribution in [0.1, 0.15) is 37.6 Å². The number of thiophene rings is 1. The summed E-state index contributed by atoms with van der Waals surface area (Å²) >= 11 is 1.84. The van der Waals surface area contributed by atoms with Gasteiger partial charge in [-0.15, -0.1) is 11.3 Å². The van der Waals surface area contributed by atoms with Crippen molar-refractivity contribution < 1.29 is 0 Å². The normalized spacial score (nSPS) is 19.6. The number of rotatable bonds is 7. The maximum Gasteiger partial charge on any atom is 0.0386 e. The van der Waals surface area contributed by atoms with Crippen LogP contribution in [0.2, 0.25) is 0 Å². The minimum atomic E-state index is 0.477. The molecule has 1 saturated heterocycles.